The number of halogens is 1. The number of rotatable bonds is 3. The molecular weight excluding hydrogens is 222 g/mol. The van der Waals surface area contributed by atoms with Crippen molar-refractivity contribution in [3.63, 3.8) is 0 Å². The third-order valence-corrected chi connectivity index (χ3v) is 2.43. The predicted molar refractivity (Wildman–Crippen MR) is 57.6 cm³/mol. The molecule has 6 heteroatoms. The highest BCUT2D eigenvalue weighted by Crippen LogP contribution is 2.21. The van der Waals surface area contributed by atoms with E-state index in [1.807, 2.05) is 17.5 Å². The van der Waals surface area contributed by atoms with Crippen LogP contribution in [0.15, 0.2) is 22.0 Å². The van der Waals surface area contributed by atoms with Crippen LogP contribution in [0.2, 0.25) is 0 Å². The van der Waals surface area contributed by atoms with Gasteiger partial charge in [-0.15, -0.1) is 23.7 Å². The number of hydrogen-bond donors (Lipinski definition) is 1. The smallest absolute Gasteiger partial charge is 0.228 e. The number of nitrogens with two attached hydrogens (primary N) is 1. The number of hydrogen-bond acceptors (Lipinski definition) is 5. The summed E-state index contributed by atoms with van der Waals surface area (Å²) >= 11 is 1.59. The number of aromatic nitrogens is 2. The maximum Gasteiger partial charge on any atom is 0.228 e. The van der Waals surface area contributed by atoms with Crippen LogP contribution < -0.4 is 5.73 Å². The Bertz CT molecular complexity index is 374. The molecule has 2 N–H and O–H groups in total. The van der Waals surface area contributed by atoms with Gasteiger partial charge in [-0.2, -0.15) is 4.98 Å². The lowest BCUT2D eigenvalue weighted by molar-refractivity contribution is 0.380. The van der Waals surface area contributed by atoms with Crippen LogP contribution in [0.5, 0.6) is 0 Å². The predicted octanol–water partition coefficient (Wildman–Crippen LogP) is 1.72. The molecule has 0 spiro atoms. The molecule has 0 amide bonds. The van der Waals surface area contributed by atoms with Gasteiger partial charge < -0.3 is 10.3 Å². The van der Waals surface area contributed by atoms with Crippen molar-refractivity contribution < 1.29 is 4.52 Å². The molecule has 2 aromatic heterocycles. The van der Waals surface area contributed by atoms with Gasteiger partial charge in [-0.1, -0.05) is 11.2 Å². The van der Waals surface area contributed by atoms with E-state index >= 15 is 0 Å². The van der Waals surface area contributed by atoms with Gasteiger partial charge in [0.25, 0.3) is 0 Å². The fraction of sp³-hybridized carbons (Fsp3) is 0.250. The molecule has 0 unspecified atom stereocenters. The van der Waals surface area contributed by atoms with E-state index in [0.717, 1.165) is 4.88 Å². The SMILES string of the molecule is Cl.NCCc1nc(-c2cccs2)no1. The van der Waals surface area contributed by atoms with Gasteiger partial charge in [-0.05, 0) is 11.4 Å². The Morgan fingerprint density at radius 1 is 1.50 bits per heavy atom. The van der Waals surface area contributed by atoms with Crippen molar-refractivity contribution in [3.05, 3.63) is 23.4 Å². The van der Waals surface area contributed by atoms with E-state index in [-0.39, 0.29) is 12.4 Å². The molecule has 4 nitrogen and oxygen atoms in total. The molecule has 2 heterocycles. The fourth-order valence-electron chi connectivity index (χ4n) is 0.986. The summed E-state index contributed by atoms with van der Waals surface area (Å²) in [5, 5.41) is 5.83. The van der Waals surface area contributed by atoms with Crippen LogP contribution in [0.25, 0.3) is 10.7 Å². The molecule has 0 aliphatic heterocycles. The monoisotopic (exact) mass is 231 g/mol. The molecule has 0 aromatic carbocycles. The molecule has 0 bridgehead atoms. The largest absolute Gasteiger partial charge is 0.339 e. The summed E-state index contributed by atoms with van der Waals surface area (Å²) in [5.41, 5.74) is 5.36. The summed E-state index contributed by atoms with van der Waals surface area (Å²) in [6, 6.07) is 3.92. The van der Waals surface area contributed by atoms with E-state index in [9.17, 15) is 0 Å². The summed E-state index contributed by atoms with van der Waals surface area (Å²) in [4.78, 5) is 5.22. The van der Waals surface area contributed by atoms with Gasteiger partial charge in [-0.25, -0.2) is 0 Å². The number of nitrogens with zero attached hydrogens (tertiary/aromatic N) is 2. The fourth-order valence-corrected chi connectivity index (χ4v) is 1.63. The van der Waals surface area contributed by atoms with Crippen LogP contribution in [0.1, 0.15) is 5.89 Å². The highest BCUT2D eigenvalue weighted by atomic mass is 35.5. The Kier molecular flexibility index (Phi) is 4.06. The molecule has 0 fully saturated rings. The van der Waals surface area contributed by atoms with Crippen LogP contribution in [0.3, 0.4) is 0 Å². The van der Waals surface area contributed by atoms with Gasteiger partial charge >= 0.3 is 0 Å². The van der Waals surface area contributed by atoms with Crippen LogP contribution >= 0.6 is 23.7 Å². The van der Waals surface area contributed by atoms with Crippen LogP contribution in [0, 0.1) is 0 Å². The third-order valence-electron chi connectivity index (χ3n) is 1.57. The van der Waals surface area contributed by atoms with E-state index in [2.05, 4.69) is 10.1 Å². The van der Waals surface area contributed by atoms with Crippen LogP contribution in [-0.2, 0) is 6.42 Å². The van der Waals surface area contributed by atoms with Gasteiger partial charge in [0.15, 0.2) is 0 Å². The van der Waals surface area contributed by atoms with Crippen LogP contribution in [-0.4, -0.2) is 16.7 Å². The summed E-state index contributed by atoms with van der Waals surface area (Å²) < 4.78 is 4.99. The van der Waals surface area contributed by atoms with Crippen LogP contribution in [0.4, 0.5) is 0 Å². The van der Waals surface area contributed by atoms with Crippen molar-refractivity contribution in [2.45, 2.75) is 6.42 Å². The molecule has 14 heavy (non-hydrogen) atoms. The Morgan fingerprint density at radius 3 is 3.00 bits per heavy atom. The second-order valence-corrected chi connectivity index (χ2v) is 3.48. The molecule has 0 aliphatic carbocycles. The van der Waals surface area contributed by atoms with Gasteiger partial charge in [0.05, 0.1) is 4.88 Å². The second kappa shape index (κ2) is 5.09. The number of thiophene rings is 1. The minimum absolute atomic E-state index is 0. The van der Waals surface area contributed by atoms with Gasteiger partial charge in [-0.3, -0.25) is 0 Å². The Hall–Kier alpha value is -0.910. The standard InChI is InChI=1S/C8H9N3OS.ClH/c9-4-3-7-10-8(11-12-7)6-2-1-5-13-6;/h1-2,5H,3-4,9H2;1H. The third kappa shape index (κ3) is 2.31. The molecule has 2 rings (SSSR count). The molecule has 2 aromatic rings. The average molecular weight is 232 g/mol. The van der Waals surface area contributed by atoms with E-state index in [1.54, 1.807) is 11.3 Å². The first-order valence-corrected chi connectivity index (χ1v) is 4.84. The maximum absolute atomic E-state index is 5.36. The molecule has 0 saturated carbocycles. The lowest BCUT2D eigenvalue weighted by atomic mass is 10.4. The maximum atomic E-state index is 5.36. The zero-order valence-electron chi connectivity index (χ0n) is 7.34. The minimum Gasteiger partial charge on any atom is -0.339 e. The summed E-state index contributed by atoms with van der Waals surface area (Å²) in [7, 11) is 0. The highest BCUT2D eigenvalue weighted by Gasteiger charge is 2.07. The van der Waals surface area contributed by atoms with E-state index in [4.69, 9.17) is 10.3 Å². The lowest BCUT2D eigenvalue weighted by Gasteiger charge is -1.84. The van der Waals surface area contributed by atoms with E-state index in [1.165, 1.54) is 0 Å². The average Bonchev–Trinajstić information content (AvgIpc) is 2.70. The Labute approximate surface area is 91.5 Å². The minimum atomic E-state index is 0. The zero-order valence-corrected chi connectivity index (χ0v) is 8.98. The topological polar surface area (TPSA) is 64.9 Å². The highest BCUT2D eigenvalue weighted by molar-refractivity contribution is 7.13. The van der Waals surface area contributed by atoms with Crippen molar-refractivity contribution in [1.82, 2.24) is 10.1 Å². The Morgan fingerprint density at radius 2 is 2.36 bits per heavy atom. The first-order valence-electron chi connectivity index (χ1n) is 3.96. The van der Waals surface area contributed by atoms with E-state index in [0.29, 0.717) is 24.7 Å². The molecular formula is C8H10ClN3OS. The first kappa shape index (κ1) is 11.2. The molecule has 0 radical (unpaired) electrons. The summed E-state index contributed by atoms with van der Waals surface area (Å²) in [6.45, 7) is 0.534. The molecule has 76 valence electrons. The van der Waals surface area contributed by atoms with Gasteiger partial charge in [0.1, 0.15) is 0 Å². The van der Waals surface area contributed by atoms with Crippen molar-refractivity contribution in [1.29, 1.82) is 0 Å². The zero-order chi connectivity index (χ0) is 9.10. The first-order chi connectivity index (χ1) is 6.40. The van der Waals surface area contributed by atoms with Gasteiger partial charge in [0, 0.05) is 13.0 Å². The summed E-state index contributed by atoms with van der Waals surface area (Å²) in [6.07, 6.45) is 0.637. The molecule has 0 atom stereocenters. The normalized spacial score (nSPS) is 9.79. The summed E-state index contributed by atoms with van der Waals surface area (Å²) in [5.74, 6) is 1.25. The van der Waals surface area contributed by atoms with E-state index < -0.39 is 0 Å². The second-order valence-electron chi connectivity index (χ2n) is 2.53. The molecule has 0 saturated heterocycles. The van der Waals surface area contributed by atoms with Crippen molar-refractivity contribution in [3.8, 4) is 10.7 Å². The molecule has 0 aliphatic rings. The Balaban J connectivity index is 0.000000980. The van der Waals surface area contributed by atoms with Crippen molar-refractivity contribution in [2.75, 3.05) is 6.54 Å². The quantitative estimate of drug-likeness (QED) is 0.874. The van der Waals surface area contributed by atoms with Crippen molar-refractivity contribution in [2.24, 2.45) is 5.73 Å². The lowest BCUT2D eigenvalue weighted by Crippen LogP contribution is -2.02. The van der Waals surface area contributed by atoms with Crippen molar-refractivity contribution >= 4 is 23.7 Å². The van der Waals surface area contributed by atoms with Gasteiger partial charge in [0.2, 0.25) is 11.7 Å².